The average molecular weight is 659 g/mol. The molecule has 1 aliphatic rings. The predicted molar refractivity (Wildman–Crippen MR) is 175 cm³/mol. The molecule has 1 heterocycles. The third kappa shape index (κ3) is 7.14. The molecule has 5 aromatic rings. The van der Waals surface area contributed by atoms with Gasteiger partial charge in [0.1, 0.15) is 0 Å². The normalized spacial score (nSPS) is 11.3. The van der Waals surface area contributed by atoms with Gasteiger partial charge in [-0.2, -0.15) is 35.5 Å². The summed E-state index contributed by atoms with van der Waals surface area (Å²) in [5.74, 6) is 1.10. The molecule has 0 saturated carbocycles. The van der Waals surface area contributed by atoms with Gasteiger partial charge in [-0.3, -0.25) is 0 Å². The molecule has 0 unspecified atom stereocenters. The van der Waals surface area contributed by atoms with Crippen LogP contribution in [0.3, 0.4) is 0 Å². The van der Waals surface area contributed by atoms with Gasteiger partial charge in [-0.1, -0.05) is 106 Å². The number of halogens is 2. The van der Waals surface area contributed by atoms with Crippen LogP contribution in [0.25, 0.3) is 33.0 Å². The second-order valence-electron chi connectivity index (χ2n) is 10.9. The third-order valence-corrected chi connectivity index (χ3v) is 8.80. The van der Waals surface area contributed by atoms with Crippen molar-refractivity contribution >= 4 is 47.7 Å². The monoisotopic (exact) mass is 656 g/mol. The van der Waals surface area contributed by atoms with E-state index in [4.69, 9.17) is 17.0 Å². The largest absolute Gasteiger partial charge is 0.184 e. The second-order valence-corrected chi connectivity index (χ2v) is 15.9. The van der Waals surface area contributed by atoms with Gasteiger partial charge in [0.05, 0.1) is 9.52 Å². The summed E-state index contributed by atoms with van der Waals surface area (Å²) in [6.07, 6.45) is 1.07. The minimum atomic E-state index is -0.826. The van der Waals surface area contributed by atoms with E-state index in [1.165, 1.54) is 65.7 Å². The van der Waals surface area contributed by atoms with E-state index in [1.54, 1.807) is 0 Å². The van der Waals surface area contributed by atoms with Crippen LogP contribution in [-0.4, -0.2) is 9.52 Å². The van der Waals surface area contributed by atoms with Crippen LogP contribution >= 0.6 is 17.0 Å². The molecule has 0 fully saturated rings. The minimum Gasteiger partial charge on any atom is -0.184 e. The third-order valence-electron chi connectivity index (χ3n) is 7.43. The number of benzene rings is 4. The van der Waals surface area contributed by atoms with Crippen LogP contribution in [0, 0.1) is 13.0 Å². The summed E-state index contributed by atoms with van der Waals surface area (Å²) < 4.78 is 0. The van der Waals surface area contributed by atoms with Gasteiger partial charge in [0.2, 0.25) is 0 Å². The Morgan fingerprint density at radius 2 is 1.50 bits per heavy atom. The quantitative estimate of drug-likeness (QED) is 0.131. The maximum absolute atomic E-state index is 4.93. The number of hydrogen-bond acceptors (Lipinski definition) is 0. The van der Waals surface area contributed by atoms with Crippen molar-refractivity contribution in [1.29, 1.82) is 0 Å². The summed E-state index contributed by atoms with van der Waals surface area (Å²) in [6, 6.07) is 34.6. The van der Waals surface area contributed by atoms with Crippen LogP contribution in [0.5, 0.6) is 0 Å². The van der Waals surface area contributed by atoms with Gasteiger partial charge in [0.15, 0.2) is 0 Å². The number of fused-ring (bicyclic) bond motifs is 4. The molecular weight excluding hydrogens is 623 g/mol. The van der Waals surface area contributed by atoms with Crippen LogP contribution < -0.4 is 10.4 Å². The Morgan fingerprint density at radius 1 is 0.850 bits per heavy atom. The van der Waals surface area contributed by atoms with Gasteiger partial charge >= 0.3 is 37.9 Å². The summed E-state index contributed by atoms with van der Waals surface area (Å²) in [5.41, 5.74) is 11.3. The van der Waals surface area contributed by atoms with Crippen molar-refractivity contribution < 1.29 is 20.8 Å². The molecule has 0 atom stereocenters. The van der Waals surface area contributed by atoms with Gasteiger partial charge in [0.25, 0.3) is 0 Å². The van der Waals surface area contributed by atoms with Crippen LogP contribution in [0.4, 0.5) is 0 Å². The molecule has 0 bridgehead atoms. The van der Waals surface area contributed by atoms with Crippen molar-refractivity contribution in [1.82, 2.24) is 0 Å². The number of aryl methyl sites for hydroxylation is 2. The summed E-state index contributed by atoms with van der Waals surface area (Å²) in [7, 11) is 10.7. The minimum absolute atomic E-state index is 0.549. The smallest absolute Gasteiger partial charge is 0.0920 e. The van der Waals surface area contributed by atoms with Gasteiger partial charge < -0.3 is 0 Å². The first kappa shape index (κ1) is 31.1. The molecule has 202 valence electrons. The van der Waals surface area contributed by atoms with Crippen molar-refractivity contribution in [2.75, 3.05) is 0 Å². The summed E-state index contributed by atoms with van der Waals surface area (Å²) in [4.78, 5) is 0. The van der Waals surface area contributed by atoms with Crippen molar-refractivity contribution in [2.24, 2.45) is 0 Å². The Bertz CT molecular complexity index is 1510. The van der Waals surface area contributed by atoms with Crippen LogP contribution in [-0.2, 0) is 27.3 Å². The fraction of sp³-hybridized carbons (Fsp3) is 0.250. The SMILES string of the molecule is CCc1ccc2[cH-]c(C)cc2c1-c1cc(C(C)C)cc(C(C)C)c1.[Cl][Zr+2][Cl].[c-]1cccc2c1[Si]c1ccccc1-2. The van der Waals surface area contributed by atoms with E-state index in [2.05, 4.69) is 126 Å². The topological polar surface area (TPSA) is 0 Å². The molecule has 0 N–H and O–H groups in total. The maximum atomic E-state index is 4.93. The molecule has 1 aliphatic heterocycles. The van der Waals surface area contributed by atoms with E-state index in [1.807, 2.05) is 6.07 Å². The van der Waals surface area contributed by atoms with E-state index in [-0.39, 0.29) is 0 Å². The zero-order valence-corrected chi connectivity index (χ0v) is 29.2. The van der Waals surface area contributed by atoms with Gasteiger partial charge in [-0.25, -0.2) is 0 Å². The molecule has 0 spiro atoms. The van der Waals surface area contributed by atoms with Crippen molar-refractivity contribution in [3.05, 3.63) is 113 Å². The van der Waals surface area contributed by atoms with Crippen LogP contribution in [0.2, 0.25) is 0 Å². The number of rotatable bonds is 4. The first-order chi connectivity index (χ1) is 19.3. The molecule has 0 amide bonds. The Morgan fingerprint density at radius 3 is 2.15 bits per heavy atom. The summed E-state index contributed by atoms with van der Waals surface area (Å²) in [6.45, 7) is 13.6. The average Bonchev–Trinajstić information content (AvgIpc) is 3.52. The Kier molecular flexibility index (Phi) is 11.2. The Hall–Kier alpha value is -1.83. The zero-order chi connectivity index (χ0) is 28.8. The van der Waals surface area contributed by atoms with Gasteiger partial charge in [0, 0.05) is 0 Å². The molecule has 0 aromatic heterocycles. The number of hydrogen-bond donors (Lipinski definition) is 0. The van der Waals surface area contributed by atoms with E-state index in [0.717, 1.165) is 15.9 Å². The molecule has 0 aliphatic carbocycles. The van der Waals surface area contributed by atoms with E-state index < -0.39 is 20.8 Å². The van der Waals surface area contributed by atoms with Crippen molar-refractivity contribution in [3.63, 3.8) is 0 Å². The van der Waals surface area contributed by atoms with Crippen LogP contribution in [0.15, 0.2) is 84.9 Å². The van der Waals surface area contributed by atoms with E-state index in [9.17, 15) is 0 Å². The summed E-state index contributed by atoms with van der Waals surface area (Å²) >= 11 is -0.826. The molecule has 40 heavy (non-hydrogen) atoms. The molecule has 2 radical (unpaired) electrons. The second kappa shape index (κ2) is 14.4. The molecule has 5 aromatic carbocycles. The summed E-state index contributed by atoms with van der Waals surface area (Å²) in [5, 5.41) is 5.59. The molecular formula is C36H36Cl2SiZr. The van der Waals surface area contributed by atoms with E-state index >= 15 is 0 Å². The molecule has 0 nitrogen and oxygen atoms in total. The molecule has 0 saturated heterocycles. The van der Waals surface area contributed by atoms with Gasteiger partial charge in [-0.05, 0) is 34.9 Å². The first-order valence-corrected chi connectivity index (χ1v) is 21.3. The molecule has 4 heteroatoms. The Labute approximate surface area is 262 Å². The van der Waals surface area contributed by atoms with Crippen molar-refractivity contribution in [3.8, 4) is 22.3 Å². The zero-order valence-electron chi connectivity index (χ0n) is 24.2. The van der Waals surface area contributed by atoms with Crippen LogP contribution in [0.1, 0.15) is 68.7 Å². The van der Waals surface area contributed by atoms with E-state index in [0.29, 0.717) is 11.8 Å². The van der Waals surface area contributed by atoms with Crippen molar-refractivity contribution in [2.45, 2.75) is 59.8 Å². The first-order valence-electron chi connectivity index (χ1n) is 13.9. The maximum Gasteiger partial charge on any atom is 0.0920 e. The Balaban J connectivity index is 0.000000192. The fourth-order valence-corrected chi connectivity index (χ4v) is 6.64. The molecule has 6 rings (SSSR count). The predicted octanol–water partition coefficient (Wildman–Crippen LogP) is 9.84. The van der Waals surface area contributed by atoms with Gasteiger partial charge in [-0.15, -0.1) is 40.1 Å². The fourth-order valence-electron chi connectivity index (χ4n) is 5.33. The standard InChI is InChI=1S/C24H29.C12H7Si.2ClH.Zr/c1-7-18-8-9-19-10-17(6)11-23(19)24(18)22-13-20(15(2)3)12-21(14-22)16(4)5;1-3-7-11-9(5-1)10-6-2-4-8-12(10)13-11;;;/h8-16H,7H2,1-6H3;1-7H;2*1H;/q2*-1;;;+4/p-2.